The Morgan fingerprint density at radius 2 is 1.77 bits per heavy atom. The Hall–Kier alpha value is -0.870. The Kier molecular flexibility index (Phi) is 5.67. The van der Waals surface area contributed by atoms with Crippen LogP contribution in [0.25, 0.3) is 0 Å². The van der Waals surface area contributed by atoms with Crippen LogP contribution in [0.3, 0.4) is 0 Å². The van der Waals surface area contributed by atoms with Crippen LogP contribution < -0.4 is 0 Å². The van der Waals surface area contributed by atoms with Crippen molar-refractivity contribution >= 4 is 5.97 Å². The van der Waals surface area contributed by atoms with E-state index in [1.807, 2.05) is 6.92 Å². The van der Waals surface area contributed by atoms with Crippen molar-refractivity contribution in [2.75, 3.05) is 19.8 Å². The first-order chi connectivity index (χ1) is 10.5. The molecule has 1 atom stereocenters. The van der Waals surface area contributed by atoms with E-state index in [9.17, 15) is 4.79 Å². The molecule has 126 valence electrons. The van der Waals surface area contributed by atoms with Gasteiger partial charge in [0.1, 0.15) is 0 Å². The first-order valence-corrected chi connectivity index (χ1v) is 8.60. The van der Waals surface area contributed by atoms with E-state index in [4.69, 9.17) is 14.2 Å². The number of rotatable bonds is 6. The molecule has 1 unspecified atom stereocenters. The Bertz CT molecular complexity index is 399. The van der Waals surface area contributed by atoms with Crippen molar-refractivity contribution in [2.24, 2.45) is 11.3 Å². The van der Waals surface area contributed by atoms with Crippen LogP contribution in [0.15, 0.2) is 12.2 Å². The van der Waals surface area contributed by atoms with Crippen LogP contribution >= 0.6 is 0 Å². The monoisotopic (exact) mass is 310 g/mol. The molecular formula is C18H30O4. The highest BCUT2D eigenvalue weighted by Crippen LogP contribution is 2.49. The third-order valence-electron chi connectivity index (χ3n) is 5.37. The Balaban J connectivity index is 2.10. The van der Waals surface area contributed by atoms with Gasteiger partial charge in [-0.1, -0.05) is 26.0 Å². The summed E-state index contributed by atoms with van der Waals surface area (Å²) in [7, 11) is 0. The van der Waals surface area contributed by atoms with Crippen LogP contribution in [0, 0.1) is 11.3 Å². The van der Waals surface area contributed by atoms with Crippen LogP contribution in [0.2, 0.25) is 0 Å². The number of hydrogen-bond acceptors (Lipinski definition) is 4. The van der Waals surface area contributed by atoms with Gasteiger partial charge in [0.2, 0.25) is 0 Å². The lowest BCUT2D eigenvalue weighted by Gasteiger charge is -2.42. The number of carbonyl (C=O) groups excluding carboxylic acids is 1. The summed E-state index contributed by atoms with van der Waals surface area (Å²) in [4.78, 5) is 12.6. The Labute approximate surface area is 134 Å². The van der Waals surface area contributed by atoms with E-state index < -0.39 is 11.2 Å². The fourth-order valence-corrected chi connectivity index (χ4v) is 3.53. The van der Waals surface area contributed by atoms with Crippen LogP contribution in [0.5, 0.6) is 0 Å². The second-order valence-corrected chi connectivity index (χ2v) is 6.75. The zero-order chi connectivity index (χ0) is 16.2. The van der Waals surface area contributed by atoms with Gasteiger partial charge in [-0.25, -0.2) is 0 Å². The largest absolute Gasteiger partial charge is 0.466 e. The maximum atomic E-state index is 12.6. The molecule has 22 heavy (non-hydrogen) atoms. The zero-order valence-electron chi connectivity index (χ0n) is 14.3. The summed E-state index contributed by atoms with van der Waals surface area (Å²) >= 11 is 0. The quantitative estimate of drug-likeness (QED) is 0.552. The van der Waals surface area contributed by atoms with Crippen molar-refractivity contribution in [3.8, 4) is 0 Å². The lowest BCUT2D eigenvalue weighted by atomic mass is 9.67. The standard InChI is InChI=1S/C18H30O4/c1-5-14(3)15(4)13-17(16(19)20-6-2)7-9-18(10-8-17)21-11-12-22-18/h14H,4-13H2,1-3H3. The highest BCUT2D eigenvalue weighted by molar-refractivity contribution is 5.77. The van der Waals surface area contributed by atoms with Gasteiger partial charge < -0.3 is 14.2 Å². The average Bonchev–Trinajstić information content (AvgIpc) is 2.98. The molecule has 2 fully saturated rings. The fourth-order valence-electron chi connectivity index (χ4n) is 3.53. The summed E-state index contributed by atoms with van der Waals surface area (Å²) in [5.41, 5.74) is 0.705. The summed E-state index contributed by atoms with van der Waals surface area (Å²) in [6.07, 6.45) is 4.80. The molecule has 4 heteroatoms. The molecule has 0 N–H and O–H groups in total. The number of hydrogen-bond donors (Lipinski definition) is 0. The van der Waals surface area contributed by atoms with E-state index >= 15 is 0 Å². The van der Waals surface area contributed by atoms with Gasteiger partial charge in [0.05, 0.1) is 25.2 Å². The number of allylic oxidation sites excluding steroid dienone is 1. The van der Waals surface area contributed by atoms with Gasteiger partial charge in [-0.2, -0.15) is 0 Å². The molecule has 0 amide bonds. The molecule has 0 aromatic rings. The van der Waals surface area contributed by atoms with Crippen molar-refractivity contribution in [3.05, 3.63) is 12.2 Å². The van der Waals surface area contributed by atoms with Crippen LogP contribution in [0.4, 0.5) is 0 Å². The SMILES string of the molecule is C=C(CC1(C(=O)OCC)CCC2(CC1)OCCO2)C(C)CC. The average molecular weight is 310 g/mol. The number of ether oxygens (including phenoxy) is 3. The van der Waals surface area contributed by atoms with Crippen LogP contribution in [-0.2, 0) is 19.0 Å². The van der Waals surface area contributed by atoms with Crippen molar-refractivity contribution in [3.63, 3.8) is 0 Å². The summed E-state index contributed by atoms with van der Waals surface area (Å²) in [5, 5.41) is 0. The predicted molar refractivity (Wildman–Crippen MR) is 85.4 cm³/mol. The predicted octanol–water partition coefficient (Wildman–Crippen LogP) is 3.85. The minimum Gasteiger partial charge on any atom is -0.466 e. The van der Waals surface area contributed by atoms with E-state index in [1.165, 1.54) is 0 Å². The lowest BCUT2D eigenvalue weighted by molar-refractivity contribution is -0.199. The highest BCUT2D eigenvalue weighted by atomic mass is 16.7. The molecule has 0 aromatic carbocycles. The third-order valence-corrected chi connectivity index (χ3v) is 5.37. The summed E-state index contributed by atoms with van der Waals surface area (Å²) in [6.45, 7) is 12.2. The second-order valence-electron chi connectivity index (χ2n) is 6.75. The van der Waals surface area contributed by atoms with Gasteiger partial charge >= 0.3 is 5.97 Å². The maximum absolute atomic E-state index is 12.6. The molecule has 1 saturated heterocycles. The van der Waals surface area contributed by atoms with E-state index in [1.54, 1.807) is 0 Å². The highest BCUT2D eigenvalue weighted by Gasteiger charge is 2.50. The summed E-state index contributed by atoms with van der Waals surface area (Å²) < 4.78 is 17.0. The topological polar surface area (TPSA) is 44.8 Å². The van der Waals surface area contributed by atoms with Crippen LogP contribution in [0.1, 0.15) is 59.3 Å². The van der Waals surface area contributed by atoms with Gasteiger partial charge in [-0.3, -0.25) is 4.79 Å². The van der Waals surface area contributed by atoms with Gasteiger partial charge in [0.15, 0.2) is 5.79 Å². The first kappa shape index (κ1) is 17.5. The summed E-state index contributed by atoms with van der Waals surface area (Å²) in [5.74, 6) is -0.0956. The van der Waals surface area contributed by atoms with Crippen molar-refractivity contribution < 1.29 is 19.0 Å². The minimum atomic E-state index is -0.451. The molecule has 0 radical (unpaired) electrons. The van der Waals surface area contributed by atoms with E-state index in [-0.39, 0.29) is 5.97 Å². The van der Waals surface area contributed by atoms with Crippen molar-refractivity contribution in [1.29, 1.82) is 0 Å². The minimum absolute atomic E-state index is 0.0766. The van der Waals surface area contributed by atoms with Crippen molar-refractivity contribution in [2.45, 2.75) is 65.1 Å². The maximum Gasteiger partial charge on any atom is 0.312 e. The van der Waals surface area contributed by atoms with E-state index in [0.29, 0.717) is 25.7 Å². The van der Waals surface area contributed by atoms with Crippen LogP contribution in [-0.4, -0.2) is 31.6 Å². The molecule has 2 aliphatic rings. The van der Waals surface area contributed by atoms with Crippen molar-refractivity contribution in [1.82, 2.24) is 0 Å². The molecule has 2 rings (SSSR count). The first-order valence-electron chi connectivity index (χ1n) is 8.60. The lowest BCUT2D eigenvalue weighted by Crippen LogP contribution is -2.44. The fraction of sp³-hybridized carbons (Fsp3) is 0.833. The third kappa shape index (κ3) is 3.54. The zero-order valence-corrected chi connectivity index (χ0v) is 14.3. The molecule has 1 saturated carbocycles. The number of esters is 1. The van der Waals surface area contributed by atoms with Gasteiger partial charge in [0, 0.05) is 12.8 Å². The Morgan fingerprint density at radius 3 is 2.27 bits per heavy atom. The second kappa shape index (κ2) is 7.14. The molecule has 1 aliphatic heterocycles. The Morgan fingerprint density at radius 1 is 1.18 bits per heavy atom. The normalized spacial score (nSPS) is 24.1. The van der Waals surface area contributed by atoms with E-state index in [0.717, 1.165) is 44.1 Å². The van der Waals surface area contributed by atoms with E-state index in [2.05, 4.69) is 20.4 Å². The summed E-state index contributed by atoms with van der Waals surface area (Å²) in [6, 6.07) is 0. The smallest absolute Gasteiger partial charge is 0.312 e. The van der Waals surface area contributed by atoms with Gasteiger partial charge in [-0.15, -0.1) is 0 Å². The molecule has 0 bridgehead atoms. The molecule has 0 aromatic heterocycles. The molecular weight excluding hydrogens is 280 g/mol. The molecule has 1 heterocycles. The molecule has 1 aliphatic carbocycles. The van der Waals surface area contributed by atoms with Gasteiger partial charge in [-0.05, 0) is 38.5 Å². The number of carbonyl (C=O) groups is 1. The molecule has 4 nitrogen and oxygen atoms in total. The van der Waals surface area contributed by atoms with Gasteiger partial charge in [0.25, 0.3) is 0 Å². The molecule has 1 spiro atoms.